The average molecular weight is 412 g/mol. The van der Waals surface area contributed by atoms with Crippen LogP contribution in [0.2, 0.25) is 0 Å². The van der Waals surface area contributed by atoms with Crippen molar-refractivity contribution in [1.82, 2.24) is 24.6 Å². The zero-order valence-corrected chi connectivity index (χ0v) is 17.7. The van der Waals surface area contributed by atoms with Gasteiger partial charge in [0.1, 0.15) is 5.39 Å². The van der Waals surface area contributed by atoms with Crippen LogP contribution in [0.15, 0.2) is 46.5 Å². The molecule has 0 radical (unpaired) electrons. The molecule has 29 heavy (non-hydrogen) atoms. The summed E-state index contributed by atoms with van der Waals surface area (Å²) in [6.45, 7) is 6.67. The fraction of sp³-hybridized carbons (Fsp3) is 0.429. The Morgan fingerprint density at radius 1 is 1.28 bits per heavy atom. The molecule has 152 valence electrons. The van der Waals surface area contributed by atoms with E-state index >= 15 is 0 Å². The van der Waals surface area contributed by atoms with E-state index in [-0.39, 0.29) is 29.5 Å². The smallest absolute Gasteiger partial charge is 0.265 e. The van der Waals surface area contributed by atoms with Crippen molar-refractivity contribution in [1.29, 1.82) is 0 Å². The van der Waals surface area contributed by atoms with Gasteiger partial charge in [-0.15, -0.1) is 0 Å². The number of carbonyl (C=O) groups excluding carboxylic acids is 1. The normalized spacial score (nSPS) is 16.2. The first-order valence-electron chi connectivity index (χ1n) is 9.79. The molecule has 1 aliphatic rings. The summed E-state index contributed by atoms with van der Waals surface area (Å²) in [4.78, 5) is 30.2. The van der Waals surface area contributed by atoms with E-state index < -0.39 is 0 Å². The zero-order chi connectivity index (χ0) is 20.6. The highest BCUT2D eigenvalue weighted by Crippen LogP contribution is 2.33. The summed E-state index contributed by atoms with van der Waals surface area (Å²) in [6.07, 6.45) is 2.65. The van der Waals surface area contributed by atoms with Crippen LogP contribution in [-0.2, 0) is 16.8 Å². The molecule has 1 atom stereocenters. The van der Waals surface area contributed by atoms with Gasteiger partial charge in [0.15, 0.2) is 10.8 Å². The molecular formula is C21H25N5O2S. The van der Waals surface area contributed by atoms with Gasteiger partial charge in [-0.1, -0.05) is 42.1 Å². The molecule has 1 N–H and O–H groups in total. The SMILES string of the molecule is CC(C)(C)n1ncc2c(=O)n3c(nc21)SCC3CC(=O)NCCc1ccccc1. The highest BCUT2D eigenvalue weighted by Gasteiger charge is 2.30. The molecule has 0 saturated carbocycles. The summed E-state index contributed by atoms with van der Waals surface area (Å²) in [5.41, 5.74) is 1.41. The van der Waals surface area contributed by atoms with Crippen LogP contribution < -0.4 is 10.9 Å². The van der Waals surface area contributed by atoms with Gasteiger partial charge >= 0.3 is 0 Å². The van der Waals surface area contributed by atoms with Gasteiger partial charge < -0.3 is 5.32 Å². The van der Waals surface area contributed by atoms with E-state index in [9.17, 15) is 9.59 Å². The Kier molecular flexibility index (Phi) is 5.21. The standard InChI is InChI=1S/C21H25N5O2S/c1-21(2,3)26-18-16(12-23-26)19(28)25-15(13-29-20(25)24-18)11-17(27)22-10-9-14-7-5-4-6-8-14/h4-8,12,15H,9-11,13H2,1-3H3,(H,22,27). The lowest BCUT2D eigenvalue weighted by molar-refractivity contribution is -0.121. The zero-order valence-electron chi connectivity index (χ0n) is 16.9. The number of nitrogens with one attached hydrogen (secondary N) is 1. The van der Waals surface area contributed by atoms with Gasteiger partial charge in [-0.3, -0.25) is 14.2 Å². The summed E-state index contributed by atoms with van der Waals surface area (Å²) in [5.74, 6) is 0.626. The van der Waals surface area contributed by atoms with Gasteiger partial charge in [-0.2, -0.15) is 5.10 Å². The Morgan fingerprint density at radius 3 is 2.76 bits per heavy atom. The summed E-state index contributed by atoms with van der Waals surface area (Å²) in [7, 11) is 0. The van der Waals surface area contributed by atoms with Gasteiger partial charge in [-0.05, 0) is 32.8 Å². The number of benzene rings is 1. The molecule has 0 bridgehead atoms. The summed E-state index contributed by atoms with van der Waals surface area (Å²) < 4.78 is 3.45. The van der Waals surface area contributed by atoms with Crippen LogP contribution in [0.1, 0.15) is 38.8 Å². The van der Waals surface area contributed by atoms with Gasteiger partial charge in [0.25, 0.3) is 5.56 Å². The van der Waals surface area contributed by atoms with Crippen molar-refractivity contribution in [3.05, 3.63) is 52.4 Å². The largest absolute Gasteiger partial charge is 0.356 e. The first-order valence-corrected chi connectivity index (χ1v) is 10.8. The van der Waals surface area contributed by atoms with Crippen molar-refractivity contribution in [2.75, 3.05) is 12.3 Å². The maximum Gasteiger partial charge on any atom is 0.265 e. The maximum atomic E-state index is 13.1. The monoisotopic (exact) mass is 411 g/mol. The van der Waals surface area contributed by atoms with Gasteiger partial charge in [0.05, 0.1) is 17.8 Å². The quantitative estimate of drug-likeness (QED) is 0.653. The number of hydrogen-bond donors (Lipinski definition) is 1. The number of rotatable bonds is 5. The fourth-order valence-electron chi connectivity index (χ4n) is 3.55. The molecule has 3 aromatic rings. The minimum Gasteiger partial charge on any atom is -0.356 e. The molecule has 0 saturated heterocycles. The molecular weight excluding hydrogens is 386 g/mol. The van der Waals surface area contributed by atoms with Crippen LogP contribution in [0.3, 0.4) is 0 Å². The van der Waals surface area contributed by atoms with Crippen molar-refractivity contribution in [2.24, 2.45) is 0 Å². The molecule has 0 spiro atoms. The molecule has 0 fully saturated rings. The fourth-order valence-corrected chi connectivity index (χ4v) is 4.68. The Bertz CT molecular complexity index is 1100. The number of thioether (sulfide) groups is 1. The van der Waals surface area contributed by atoms with E-state index in [2.05, 4.69) is 10.4 Å². The Balaban J connectivity index is 1.48. The minimum atomic E-state index is -0.262. The molecule has 7 nitrogen and oxygen atoms in total. The summed E-state index contributed by atoms with van der Waals surface area (Å²) in [5, 5.41) is 8.51. The highest BCUT2D eigenvalue weighted by molar-refractivity contribution is 7.99. The third kappa shape index (κ3) is 3.94. The molecule has 3 heterocycles. The van der Waals surface area contributed by atoms with Gasteiger partial charge in [0.2, 0.25) is 5.91 Å². The third-order valence-electron chi connectivity index (χ3n) is 5.01. The molecule has 1 aliphatic heterocycles. The van der Waals surface area contributed by atoms with Crippen LogP contribution in [0.25, 0.3) is 11.0 Å². The Hall–Kier alpha value is -2.61. The second kappa shape index (κ2) is 7.67. The molecule has 0 aliphatic carbocycles. The third-order valence-corrected chi connectivity index (χ3v) is 6.10. The Morgan fingerprint density at radius 2 is 2.03 bits per heavy atom. The first kappa shape index (κ1) is 19.7. The number of carbonyl (C=O) groups is 1. The van der Waals surface area contributed by atoms with E-state index in [0.29, 0.717) is 28.5 Å². The van der Waals surface area contributed by atoms with E-state index in [1.807, 2.05) is 51.1 Å². The van der Waals surface area contributed by atoms with Crippen molar-refractivity contribution in [3.8, 4) is 0 Å². The highest BCUT2D eigenvalue weighted by atomic mass is 32.2. The molecule has 1 unspecified atom stereocenters. The van der Waals surface area contributed by atoms with Crippen molar-refractivity contribution in [3.63, 3.8) is 0 Å². The van der Waals surface area contributed by atoms with Crippen LogP contribution in [0.5, 0.6) is 0 Å². The predicted molar refractivity (Wildman–Crippen MR) is 114 cm³/mol. The van der Waals surface area contributed by atoms with Crippen LogP contribution in [0.4, 0.5) is 0 Å². The maximum absolute atomic E-state index is 13.1. The summed E-state index contributed by atoms with van der Waals surface area (Å²) >= 11 is 1.52. The summed E-state index contributed by atoms with van der Waals surface area (Å²) in [6, 6.07) is 9.87. The topological polar surface area (TPSA) is 81.8 Å². The molecule has 8 heteroatoms. The van der Waals surface area contributed by atoms with Crippen LogP contribution in [-0.4, -0.2) is 37.5 Å². The van der Waals surface area contributed by atoms with Gasteiger partial charge in [-0.25, -0.2) is 9.67 Å². The number of fused-ring (bicyclic) bond motifs is 2. The van der Waals surface area contributed by atoms with Crippen LogP contribution in [0, 0.1) is 0 Å². The van der Waals surface area contributed by atoms with E-state index in [4.69, 9.17) is 4.98 Å². The lowest BCUT2D eigenvalue weighted by Crippen LogP contribution is -2.32. The Labute approximate surface area is 173 Å². The molecule has 1 amide bonds. The number of aromatic nitrogens is 4. The number of nitrogens with zero attached hydrogens (tertiary/aromatic N) is 4. The van der Waals surface area contributed by atoms with Crippen molar-refractivity contribution < 1.29 is 4.79 Å². The number of amides is 1. The van der Waals surface area contributed by atoms with Crippen molar-refractivity contribution in [2.45, 2.75) is 50.4 Å². The lowest BCUT2D eigenvalue weighted by atomic mass is 10.1. The molecule has 1 aromatic carbocycles. The molecule has 4 rings (SSSR count). The van der Waals surface area contributed by atoms with E-state index in [1.165, 1.54) is 17.3 Å². The van der Waals surface area contributed by atoms with E-state index in [1.54, 1.807) is 15.4 Å². The predicted octanol–water partition coefficient (Wildman–Crippen LogP) is 2.74. The minimum absolute atomic E-state index is 0.0447. The van der Waals surface area contributed by atoms with E-state index in [0.717, 1.165) is 6.42 Å². The second-order valence-corrected chi connectivity index (χ2v) is 9.28. The lowest BCUT2D eigenvalue weighted by Gasteiger charge is -2.20. The van der Waals surface area contributed by atoms with Crippen LogP contribution >= 0.6 is 11.8 Å². The second-order valence-electron chi connectivity index (χ2n) is 8.29. The number of hydrogen-bond acceptors (Lipinski definition) is 5. The molecule has 2 aromatic heterocycles. The first-order chi connectivity index (χ1) is 13.8. The van der Waals surface area contributed by atoms with Gasteiger partial charge in [0, 0.05) is 18.7 Å². The van der Waals surface area contributed by atoms with Crippen molar-refractivity contribution >= 4 is 28.7 Å². The average Bonchev–Trinajstić information content (AvgIpc) is 3.27.